The molecule has 0 aliphatic heterocycles. The molecule has 0 aliphatic carbocycles. The Morgan fingerprint density at radius 3 is 1.41 bits per heavy atom. The Morgan fingerprint density at radius 2 is 0.902 bits per heavy atom. The van der Waals surface area contributed by atoms with Gasteiger partial charge in [0.1, 0.15) is 12.7 Å². The van der Waals surface area contributed by atoms with E-state index in [2.05, 4.69) is 108 Å². The minimum atomic E-state index is -4.87. The molecule has 0 heterocycles. The van der Waals surface area contributed by atoms with Gasteiger partial charge in [-0.25, -0.2) is 9.13 Å². The molecular weight excluding hydrogens is 822 g/mol. The number of carbonyl (C=O) groups excluding carboxylic acids is 2. The highest BCUT2D eigenvalue weighted by Gasteiger charge is 2.28. The Labute approximate surface area is 367 Å². The van der Waals surface area contributed by atoms with E-state index in [1.807, 2.05) is 0 Å². The predicted molar refractivity (Wildman–Crippen MR) is 243 cm³/mol. The van der Waals surface area contributed by atoms with E-state index < -0.39 is 66.2 Å². The van der Waals surface area contributed by atoms with Crippen molar-refractivity contribution in [2.45, 2.75) is 167 Å². The Hall–Kier alpha value is -2.70. The Balaban J connectivity index is 4.61. The second-order valence-corrected chi connectivity index (χ2v) is 17.3. The second-order valence-electron chi connectivity index (χ2n) is 14.6. The van der Waals surface area contributed by atoms with Crippen molar-refractivity contribution in [1.82, 2.24) is 0 Å². The first-order valence-corrected chi connectivity index (χ1v) is 25.3. The van der Waals surface area contributed by atoms with E-state index in [0.717, 1.165) is 96.3 Å². The lowest BCUT2D eigenvalue weighted by molar-refractivity contribution is -0.161. The van der Waals surface area contributed by atoms with E-state index in [4.69, 9.17) is 23.8 Å². The van der Waals surface area contributed by atoms with Gasteiger partial charge in [0.05, 0.1) is 19.8 Å². The van der Waals surface area contributed by atoms with Gasteiger partial charge in [-0.05, 0) is 89.9 Å². The predicted octanol–water partition coefficient (Wildman–Crippen LogP) is 11.6. The van der Waals surface area contributed by atoms with Crippen LogP contribution in [0.1, 0.15) is 155 Å². The average Bonchev–Trinajstić information content (AvgIpc) is 3.22. The normalized spacial score (nSPS) is 14.8. The summed E-state index contributed by atoms with van der Waals surface area (Å²) in [5.74, 6) is -1.09. The number of esters is 2. The maximum atomic E-state index is 12.7. The van der Waals surface area contributed by atoms with Gasteiger partial charge in [0.15, 0.2) is 6.10 Å². The van der Waals surface area contributed by atoms with E-state index in [-0.39, 0.29) is 12.8 Å². The summed E-state index contributed by atoms with van der Waals surface area (Å²) in [5.41, 5.74) is 0. The van der Waals surface area contributed by atoms with Crippen LogP contribution in [-0.2, 0) is 41.8 Å². The summed E-state index contributed by atoms with van der Waals surface area (Å²) in [5, 5.41) is 9.75. The van der Waals surface area contributed by atoms with Crippen molar-refractivity contribution < 1.29 is 61.6 Å². The fourth-order valence-electron chi connectivity index (χ4n) is 5.40. The lowest BCUT2D eigenvalue weighted by Gasteiger charge is -2.20. The van der Waals surface area contributed by atoms with Gasteiger partial charge in [-0.15, -0.1) is 0 Å². The van der Waals surface area contributed by atoms with Gasteiger partial charge in [0.2, 0.25) is 0 Å². The highest BCUT2D eigenvalue weighted by Crippen LogP contribution is 2.43. The molecule has 15 heteroatoms. The number of aliphatic hydroxyl groups excluding tert-OH is 1. The Bertz CT molecular complexity index is 1400. The maximum Gasteiger partial charge on any atom is 0.472 e. The molecule has 0 aromatic heterocycles. The van der Waals surface area contributed by atoms with Crippen LogP contribution in [0, 0.1) is 0 Å². The number of carbonyl (C=O) groups is 2. The smallest absolute Gasteiger partial charge is 0.462 e. The summed E-state index contributed by atoms with van der Waals surface area (Å²) in [6.45, 7) is 1.56. The van der Waals surface area contributed by atoms with Crippen molar-refractivity contribution in [3.63, 3.8) is 0 Å². The van der Waals surface area contributed by atoms with E-state index in [9.17, 15) is 28.7 Å². The average molecular weight is 901 g/mol. The summed E-state index contributed by atoms with van der Waals surface area (Å²) in [7, 11) is -9.70. The first kappa shape index (κ1) is 58.3. The summed E-state index contributed by atoms with van der Waals surface area (Å²) in [6, 6.07) is 0. The molecule has 0 amide bonds. The van der Waals surface area contributed by atoms with E-state index in [1.165, 1.54) is 19.3 Å². The van der Waals surface area contributed by atoms with Gasteiger partial charge in [-0.3, -0.25) is 23.2 Å². The minimum absolute atomic E-state index is 0.0845. The molecule has 0 bridgehead atoms. The number of hydrogen-bond acceptors (Lipinski definition) is 10. The molecule has 0 fully saturated rings. The molecule has 0 spiro atoms. The second kappa shape index (κ2) is 41.3. The molecule has 4 N–H and O–H groups in total. The monoisotopic (exact) mass is 900 g/mol. The van der Waals surface area contributed by atoms with Crippen molar-refractivity contribution in [3.8, 4) is 0 Å². The van der Waals surface area contributed by atoms with E-state index in [0.29, 0.717) is 12.8 Å². The molecule has 13 nitrogen and oxygen atoms in total. The number of phosphoric ester groups is 2. The minimum Gasteiger partial charge on any atom is -0.462 e. The first-order chi connectivity index (χ1) is 29.4. The van der Waals surface area contributed by atoms with Crippen LogP contribution in [0.25, 0.3) is 0 Å². The van der Waals surface area contributed by atoms with Crippen molar-refractivity contribution in [2.75, 3.05) is 26.4 Å². The number of rotatable bonds is 41. The molecule has 0 saturated heterocycles. The van der Waals surface area contributed by atoms with Crippen LogP contribution in [0.3, 0.4) is 0 Å². The number of allylic oxidation sites excluding steroid dienone is 14. The van der Waals surface area contributed by atoms with Crippen LogP contribution in [0.2, 0.25) is 0 Å². The van der Waals surface area contributed by atoms with Gasteiger partial charge < -0.3 is 29.3 Å². The summed E-state index contributed by atoms with van der Waals surface area (Å²) in [6.07, 6.45) is 47.1. The highest BCUT2D eigenvalue weighted by molar-refractivity contribution is 7.47. The zero-order valence-electron chi connectivity index (χ0n) is 37.0. The van der Waals surface area contributed by atoms with Gasteiger partial charge in [0.25, 0.3) is 0 Å². The molecule has 0 radical (unpaired) electrons. The summed E-state index contributed by atoms with van der Waals surface area (Å²) < 4.78 is 47.8. The van der Waals surface area contributed by atoms with Crippen molar-refractivity contribution in [1.29, 1.82) is 0 Å². The summed E-state index contributed by atoms with van der Waals surface area (Å²) >= 11 is 0. The third kappa shape index (κ3) is 45.1. The number of unbranched alkanes of at least 4 members (excludes halogenated alkanes) is 11. The molecule has 0 saturated carbocycles. The lowest BCUT2D eigenvalue weighted by Crippen LogP contribution is -2.30. The van der Waals surface area contributed by atoms with Crippen LogP contribution in [0.4, 0.5) is 0 Å². The van der Waals surface area contributed by atoms with Gasteiger partial charge in [0, 0.05) is 12.8 Å². The molecular formula is C46H78O13P2. The molecule has 61 heavy (non-hydrogen) atoms. The molecule has 0 aliphatic rings. The standard InChI is InChI=1S/C46H78O13P2/c1-3-5-7-9-11-13-15-17-19-20-21-22-24-26-28-30-32-34-36-38-46(49)59-44(42-58-61(53,54)57-40-43(47)39-56-60(50,51)52)41-55-45(48)37-35-33-31-29-27-25-23-18-16-14-12-10-8-6-4-2/h5,7,11-14,17-19,21-23,26,28,43-44,47H,3-4,6,8-10,15-16,20,24-25,27,29-42H2,1-2H3,(H,53,54)(H2,50,51,52). The topological polar surface area (TPSA) is 195 Å². The highest BCUT2D eigenvalue weighted by atomic mass is 31.2. The third-order valence-corrected chi connectivity index (χ3v) is 10.2. The fourth-order valence-corrected chi connectivity index (χ4v) is 6.56. The number of phosphoric acid groups is 2. The van der Waals surface area contributed by atoms with Crippen LogP contribution < -0.4 is 0 Å². The zero-order valence-corrected chi connectivity index (χ0v) is 38.8. The quantitative estimate of drug-likeness (QED) is 0.0196. The maximum absolute atomic E-state index is 12.7. The molecule has 0 aromatic rings. The molecule has 0 aromatic carbocycles. The molecule has 350 valence electrons. The number of aliphatic hydroxyl groups is 1. The van der Waals surface area contributed by atoms with Crippen LogP contribution in [0.5, 0.6) is 0 Å². The third-order valence-electron chi connectivity index (χ3n) is 8.76. The van der Waals surface area contributed by atoms with E-state index >= 15 is 0 Å². The van der Waals surface area contributed by atoms with Crippen molar-refractivity contribution in [3.05, 3.63) is 85.1 Å². The van der Waals surface area contributed by atoms with Gasteiger partial charge in [-0.2, -0.15) is 0 Å². The van der Waals surface area contributed by atoms with Crippen LogP contribution in [-0.4, -0.2) is 70.4 Å². The Kier molecular flexibility index (Phi) is 39.5. The van der Waals surface area contributed by atoms with Crippen molar-refractivity contribution in [2.24, 2.45) is 0 Å². The first-order valence-electron chi connectivity index (χ1n) is 22.3. The molecule has 3 unspecified atom stereocenters. The fraction of sp³-hybridized carbons (Fsp3) is 0.652. The lowest BCUT2D eigenvalue weighted by atomic mass is 10.1. The number of ether oxygens (including phenoxy) is 2. The van der Waals surface area contributed by atoms with Crippen LogP contribution >= 0.6 is 15.6 Å². The molecule has 0 rings (SSSR count). The van der Waals surface area contributed by atoms with Crippen LogP contribution in [0.15, 0.2) is 85.1 Å². The summed E-state index contributed by atoms with van der Waals surface area (Å²) in [4.78, 5) is 52.7. The zero-order chi connectivity index (χ0) is 45.1. The largest absolute Gasteiger partial charge is 0.472 e. The van der Waals surface area contributed by atoms with Crippen molar-refractivity contribution >= 4 is 27.6 Å². The molecule has 3 atom stereocenters. The van der Waals surface area contributed by atoms with Gasteiger partial charge >= 0.3 is 27.6 Å². The SMILES string of the molecule is CCC=CCC=CCC=CCC=CCC=CCCCCCC(=O)OC(COC(=O)CCCCCCCC=CCC=CCCCCC)COP(=O)(O)OCC(O)COP(=O)(O)O. The Morgan fingerprint density at radius 1 is 0.492 bits per heavy atom. The van der Waals surface area contributed by atoms with Gasteiger partial charge in [-0.1, -0.05) is 137 Å². The number of hydrogen-bond donors (Lipinski definition) is 4. The van der Waals surface area contributed by atoms with E-state index in [1.54, 1.807) is 0 Å².